The van der Waals surface area contributed by atoms with Crippen LogP contribution in [-0.2, 0) is 23.7 Å². The van der Waals surface area contributed by atoms with E-state index in [9.17, 15) is 9.59 Å². The molecule has 3 heterocycles. The van der Waals surface area contributed by atoms with Gasteiger partial charge in [0, 0.05) is 39.2 Å². The second-order valence-electron chi connectivity index (χ2n) is 11.6. The summed E-state index contributed by atoms with van der Waals surface area (Å²) in [6.07, 6.45) is 3.29. The van der Waals surface area contributed by atoms with Gasteiger partial charge >= 0.3 is 12.2 Å². The molecule has 1 unspecified atom stereocenters. The fourth-order valence-corrected chi connectivity index (χ4v) is 6.20. The smallest absolute Gasteiger partial charge is 0.410 e. The lowest BCUT2D eigenvalue weighted by Gasteiger charge is -2.44. The molecule has 2 amide bonds. The van der Waals surface area contributed by atoms with Gasteiger partial charge in [-0.25, -0.2) is 9.59 Å². The van der Waals surface area contributed by atoms with Crippen LogP contribution in [0.3, 0.4) is 0 Å². The minimum Gasteiger partial charge on any atom is -0.449 e. The predicted molar refractivity (Wildman–Crippen MR) is 142 cm³/mol. The lowest BCUT2D eigenvalue weighted by Crippen LogP contribution is -2.58. The zero-order valence-corrected chi connectivity index (χ0v) is 24.0. The first-order valence-electron chi connectivity index (χ1n) is 14.2. The SMILES string of the molecule is CCN(CC)CCNC(=O)OCC1CN(C(=O)O[C@@H]2CC[C@]3(CO3)C([C@@]3(C)O[C@@H]3CC=C(C)C)[C@@H]2OC)C1. The van der Waals surface area contributed by atoms with E-state index in [0.29, 0.717) is 32.7 Å². The standard InChI is InChI=1S/C28H47N3O7/c1-7-30(8-2)14-13-29-25(32)35-17-20-15-31(16-20)26(33)37-21-11-12-28(18-36-28)24(23(21)34-6)27(5)22(38-27)10-9-19(3)4/h9,20-24H,7-8,10-18H2,1-6H3,(H,29,32)/t21-,22-,23-,24?,27+,28+/m1/s1. The van der Waals surface area contributed by atoms with Crippen molar-refractivity contribution in [3.63, 3.8) is 0 Å². The van der Waals surface area contributed by atoms with Crippen molar-refractivity contribution in [3.05, 3.63) is 11.6 Å². The van der Waals surface area contributed by atoms with E-state index in [1.807, 2.05) is 0 Å². The van der Waals surface area contributed by atoms with E-state index in [4.69, 9.17) is 23.7 Å². The molecule has 1 saturated carbocycles. The van der Waals surface area contributed by atoms with Gasteiger partial charge in [-0.05, 0) is 53.1 Å². The number of rotatable bonds is 12. The Kier molecular flexibility index (Phi) is 9.27. The molecule has 6 atom stereocenters. The summed E-state index contributed by atoms with van der Waals surface area (Å²) in [5.41, 5.74) is 0.663. The van der Waals surface area contributed by atoms with Crippen LogP contribution < -0.4 is 5.32 Å². The van der Waals surface area contributed by atoms with E-state index in [-0.39, 0.29) is 54.0 Å². The van der Waals surface area contributed by atoms with Gasteiger partial charge in [0.25, 0.3) is 0 Å². The molecule has 1 N–H and O–H groups in total. The summed E-state index contributed by atoms with van der Waals surface area (Å²) in [5, 5.41) is 2.79. The highest BCUT2D eigenvalue weighted by Crippen LogP contribution is 2.59. The molecule has 1 spiro atoms. The lowest BCUT2D eigenvalue weighted by atomic mass is 9.68. The molecule has 4 aliphatic rings. The third-order valence-corrected chi connectivity index (χ3v) is 8.75. The lowest BCUT2D eigenvalue weighted by molar-refractivity contribution is -0.125. The number of methoxy groups -OCH3 is 1. The highest BCUT2D eigenvalue weighted by molar-refractivity contribution is 5.69. The molecule has 3 aliphatic heterocycles. The highest BCUT2D eigenvalue weighted by atomic mass is 16.6. The molecular weight excluding hydrogens is 490 g/mol. The Labute approximate surface area is 227 Å². The molecule has 0 bridgehead atoms. The number of carbonyl (C=O) groups excluding carboxylic acids is 2. The maximum Gasteiger partial charge on any atom is 0.410 e. The number of likely N-dealkylation sites (tertiary alicyclic amines) is 1. The maximum absolute atomic E-state index is 12.9. The topological polar surface area (TPSA) is 105 Å². The average molecular weight is 538 g/mol. The van der Waals surface area contributed by atoms with Gasteiger partial charge < -0.3 is 38.8 Å². The number of amides is 2. The van der Waals surface area contributed by atoms with Crippen molar-refractivity contribution in [2.45, 2.75) is 83.4 Å². The van der Waals surface area contributed by atoms with Gasteiger partial charge in [-0.15, -0.1) is 0 Å². The maximum atomic E-state index is 12.9. The molecule has 0 aromatic carbocycles. The van der Waals surface area contributed by atoms with Crippen LogP contribution in [0, 0.1) is 11.8 Å². The van der Waals surface area contributed by atoms with Gasteiger partial charge in [-0.3, -0.25) is 0 Å². The number of alkyl carbamates (subject to hydrolysis) is 1. The van der Waals surface area contributed by atoms with Crippen LogP contribution in [0.2, 0.25) is 0 Å². The molecule has 3 saturated heterocycles. The molecule has 4 fully saturated rings. The van der Waals surface area contributed by atoms with Gasteiger partial charge in [0.1, 0.15) is 23.4 Å². The van der Waals surface area contributed by atoms with Crippen molar-refractivity contribution in [2.24, 2.45) is 11.8 Å². The van der Waals surface area contributed by atoms with Crippen LogP contribution in [-0.4, -0.2) is 111 Å². The van der Waals surface area contributed by atoms with Crippen LogP contribution in [0.5, 0.6) is 0 Å². The summed E-state index contributed by atoms with van der Waals surface area (Å²) in [6.45, 7) is 15.8. The van der Waals surface area contributed by atoms with Crippen molar-refractivity contribution >= 4 is 12.2 Å². The number of carbonyl (C=O) groups is 2. The molecule has 38 heavy (non-hydrogen) atoms. The van der Waals surface area contributed by atoms with Crippen molar-refractivity contribution in [1.29, 1.82) is 0 Å². The number of allylic oxidation sites excluding steroid dienone is 1. The largest absolute Gasteiger partial charge is 0.449 e. The Hall–Kier alpha value is -1.88. The first kappa shape index (κ1) is 29.1. The molecule has 10 nitrogen and oxygen atoms in total. The molecule has 10 heteroatoms. The normalized spacial score (nSPS) is 34.0. The Balaban J connectivity index is 1.22. The van der Waals surface area contributed by atoms with E-state index in [0.717, 1.165) is 32.5 Å². The number of ether oxygens (including phenoxy) is 5. The average Bonchev–Trinajstić information content (AvgIpc) is 3.77. The third kappa shape index (κ3) is 6.46. The Morgan fingerprint density at radius 3 is 2.53 bits per heavy atom. The highest BCUT2D eigenvalue weighted by Gasteiger charge is 2.72. The summed E-state index contributed by atoms with van der Waals surface area (Å²) >= 11 is 0. The summed E-state index contributed by atoms with van der Waals surface area (Å²) in [5.74, 6) is 0.117. The molecular formula is C28H47N3O7. The summed E-state index contributed by atoms with van der Waals surface area (Å²) in [7, 11) is 1.68. The molecule has 0 aromatic rings. The zero-order chi connectivity index (χ0) is 27.5. The zero-order valence-electron chi connectivity index (χ0n) is 24.0. The fraction of sp³-hybridized carbons (Fsp3) is 0.857. The first-order valence-corrected chi connectivity index (χ1v) is 14.2. The Bertz CT molecular complexity index is 865. The van der Waals surface area contributed by atoms with E-state index in [2.05, 4.69) is 50.9 Å². The minimum absolute atomic E-state index is 0.0000968. The van der Waals surface area contributed by atoms with Crippen LogP contribution in [0.1, 0.15) is 53.9 Å². The van der Waals surface area contributed by atoms with Crippen molar-refractivity contribution in [2.75, 3.05) is 59.6 Å². The van der Waals surface area contributed by atoms with Gasteiger partial charge in [0.15, 0.2) is 0 Å². The van der Waals surface area contributed by atoms with E-state index in [1.165, 1.54) is 5.57 Å². The fourth-order valence-electron chi connectivity index (χ4n) is 6.20. The Morgan fingerprint density at radius 1 is 1.21 bits per heavy atom. The second kappa shape index (κ2) is 12.1. The molecule has 216 valence electrons. The second-order valence-corrected chi connectivity index (χ2v) is 11.6. The van der Waals surface area contributed by atoms with Crippen LogP contribution in [0.15, 0.2) is 11.6 Å². The number of hydrogen-bond donors (Lipinski definition) is 1. The van der Waals surface area contributed by atoms with Gasteiger partial charge in [-0.2, -0.15) is 0 Å². The van der Waals surface area contributed by atoms with Crippen molar-refractivity contribution in [1.82, 2.24) is 15.1 Å². The molecule has 0 aromatic heterocycles. The van der Waals surface area contributed by atoms with E-state index in [1.54, 1.807) is 12.0 Å². The van der Waals surface area contributed by atoms with Crippen LogP contribution in [0.25, 0.3) is 0 Å². The number of hydrogen-bond acceptors (Lipinski definition) is 8. The van der Waals surface area contributed by atoms with Gasteiger partial charge in [-0.1, -0.05) is 25.5 Å². The van der Waals surface area contributed by atoms with Crippen molar-refractivity contribution < 1.29 is 33.3 Å². The molecule has 4 rings (SSSR count). The number of likely N-dealkylation sites (N-methyl/N-ethyl adjacent to an activating group) is 1. The first-order chi connectivity index (χ1) is 18.2. The van der Waals surface area contributed by atoms with E-state index < -0.39 is 6.09 Å². The summed E-state index contributed by atoms with van der Waals surface area (Å²) < 4.78 is 29.5. The van der Waals surface area contributed by atoms with Gasteiger partial charge in [0.05, 0.1) is 25.2 Å². The summed E-state index contributed by atoms with van der Waals surface area (Å²) in [6, 6.07) is 0. The monoisotopic (exact) mass is 537 g/mol. The van der Waals surface area contributed by atoms with Gasteiger partial charge in [0.2, 0.25) is 0 Å². The van der Waals surface area contributed by atoms with E-state index >= 15 is 0 Å². The Morgan fingerprint density at radius 2 is 1.92 bits per heavy atom. The molecule has 1 aliphatic carbocycles. The van der Waals surface area contributed by atoms with Crippen molar-refractivity contribution in [3.8, 4) is 0 Å². The van der Waals surface area contributed by atoms with Crippen LogP contribution >= 0.6 is 0 Å². The number of nitrogens with one attached hydrogen (secondary N) is 1. The quantitative estimate of drug-likeness (QED) is 0.299. The number of epoxide rings is 2. The predicted octanol–water partition coefficient (Wildman–Crippen LogP) is 3.20. The summed E-state index contributed by atoms with van der Waals surface area (Å²) in [4.78, 5) is 28.8. The third-order valence-electron chi connectivity index (χ3n) is 8.75. The molecule has 0 radical (unpaired) electrons. The van der Waals surface area contributed by atoms with Crippen LogP contribution in [0.4, 0.5) is 9.59 Å². The minimum atomic E-state index is -0.413. The number of nitrogens with zero attached hydrogens (tertiary/aromatic N) is 2.